The van der Waals surface area contributed by atoms with Gasteiger partial charge in [0.15, 0.2) is 0 Å². The highest BCUT2D eigenvalue weighted by Crippen LogP contribution is 2.34. The van der Waals surface area contributed by atoms with Crippen LogP contribution in [-0.4, -0.2) is 13.7 Å². The summed E-state index contributed by atoms with van der Waals surface area (Å²) in [5, 5.41) is 1.04. The average molecular weight is 308 g/mol. The van der Waals surface area contributed by atoms with Gasteiger partial charge in [-0.2, -0.15) is 0 Å². The molecule has 0 radical (unpaired) electrons. The molecular weight excluding hydrogens is 288 g/mol. The van der Waals surface area contributed by atoms with Crippen LogP contribution in [0.2, 0.25) is 0 Å². The zero-order valence-electron chi connectivity index (χ0n) is 13.5. The molecule has 0 aliphatic rings. The molecule has 0 fully saturated rings. The molecule has 0 saturated heterocycles. The van der Waals surface area contributed by atoms with Crippen molar-refractivity contribution in [1.82, 2.24) is 0 Å². The molecule has 3 rings (SSSR count). The van der Waals surface area contributed by atoms with E-state index in [4.69, 9.17) is 13.9 Å². The largest absolute Gasteiger partial charge is 0.497 e. The molecule has 0 N–H and O–H groups in total. The summed E-state index contributed by atoms with van der Waals surface area (Å²) in [6.45, 7) is 6.25. The van der Waals surface area contributed by atoms with Gasteiger partial charge in [0.1, 0.15) is 29.4 Å². The van der Waals surface area contributed by atoms with Gasteiger partial charge < -0.3 is 13.9 Å². The van der Waals surface area contributed by atoms with E-state index in [1.54, 1.807) is 13.2 Å². The lowest BCUT2D eigenvalue weighted by molar-refractivity contribution is 0.367. The summed E-state index contributed by atoms with van der Waals surface area (Å²) in [4.78, 5) is 0. The van der Waals surface area contributed by atoms with Crippen LogP contribution >= 0.6 is 0 Å². The highest BCUT2D eigenvalue weighted by molar-refractivity contribution is 5.88. The van der Waals surface area contributed by atoms with Crippen molar-refractivity contribution in [3.8, 4) is 11.5 Å². The van der Waals surface area contributed by atoms with E-state index in [-0.39, 0.29) is 0 Å². The fourth-order valence-corrected chi connectivity index (χ4v) is 2.68. The van der Waals surface area contributed by atoms with Crippen molar-refractivity contribution >= 4 is 11.0 Å². The first kappa shape index (κ1) is 15.2. The monoisotopic (exact) mass is 308 g/mol. The Morgan fingerprint density at radius 2 is 1.91 bits per heavy atom. The van der Waals surface area contributed by atoms with E-state index in [2.05, 4.69) is 25.6 Å². The Morgan fingerprint density at radius 1 is 1.13 bits per heavy atom. The van der Waals surface area contributed by atoms with Crippen LogP contribution in [0.25, 0.3) is 11.0 Å². The average Bonchev–Trinajstić information content (AvgIpc) is 2.90. The summed E-state index contributed by atoms with van der Waals surface area (Å²) in [6.07, 6.45) is 2.48. The molecule has 0 aliphatic heterocycles. The minimum atomic E-state index is 0.484. The summed E-state index contributed by atoms with van der Waals surface area (Å²) in [5.74, 6) is 2.65. The quantitative estimate of drug-likeness (QED) is 0.607. The SMILES string of the molecule is C=CCOc1cccc2oc(Cc3ccc(OC)cc3)c(C)c12. The molecule has 2 aromatic carbocycles. The molecule has 0 bridgehead atoms. The number of benzene rings is 2. The van der Waals surface area contributed by atoms with Gasteiger partial charge in [-0.05, 0) is 36.8 Å². The van der Waals surface area contributed by atoms with E-state index in [0.717, 1.165) is 40.2 Å². The van der Waals surface area contributed by atoms with Crippen molar-refractivity contribution in [3.05, 3.63) is 72.0 Å². The van der Waals surface area contributed by atoms with E-state index in [1.165, 1.54) is 5.56 Å². The minimum absolute atomic E-state index is 0.484. The summed E-state index contributed by atoms with van der Waals surface area (Å²) in [5.41, 5.74) is 3.16. The summed E-state index contributed by atoms with van der Waals surface area (Å²) in [7, 11) is 1.67. The molecule has 3 heteroatoms. The van der Waals surface area contributed by atoms with Gasteiger partial charge in [0, 0.05) is 12.0 Å². The summed E-state index contributed by atoms with van der Waals surface area (Å²) in [6, 6.07) is 13.9. The first-order chi connectivity index (χ1) is 11.2. The number of methoxy groups -OCH3 is 1. The van der Waals surface area contributed by atoms with E-state index in [0.29, 0.717) is 6.61 Å². The third-order valence-corrected chi connectivity index (χ3v) is 3.89. The Bertz CT molecular complexity index is 813. The van der Waals surface area contributed by atoms with Crippen LogP contribution in [0.15, 0.2) is 59.5 Å². The highest BCUT2D eigenvalue weighted by atomic mass is 16.5. The number of rotatable bonds is 6. The molecular formula is C20H20O3. The van der Waals surface area contributed by atoms with Gasteiger partial charge in [-0.1, -0.05) is 30.9 Å². The molecule has 23 heavy (non-hydrogen) atoms. The van der Waals surface area contributed by atoms with Crippen LogP contribution in [-0.2, 0) is 6.42 Å². The number of furan rings is 1. The molecule has 3 nitrogen and oxygen atoms in total. The maximum atomic E-state index is 6.04. The fourth-order valence-electron chi connectivity index (χ4n) is 2.68. The standard InChI is InChI=1S/C20H20O3/c1-4-12-22-17-6-5-7-18-20(17)14(2)19(23-18)13-15-8-10-16(21-3)11-9-15/h4-11H,1,12-13H2,2-3H3. The predicted molar refractivity (Wildman–Crippen MR) is 92.4 cm³/mol. The number of hydrogen-bond acceptors (Lipinski definition) is 3. The maximum Gasteiger partial charge on any atom is 0.138 e. The Balaban J connectivity index is 1.94. The van der Waals surface area contributed by atoms with E-state index in [9.17, 15) is 0 Å². The van der Waals surface area contributed by atoms with Crippen molar-refractivity contribution in [2.24, 2.45) is 0 Å². The van der Waals surface area contributed by atoms with Gasteiger partial charge in [-0.25, -0.2) is 0 Å². The molecule has 0 atom stereocenters. The lowest BCUT2D eigenvalue weighted by atomic mass is 10.1. The zero-order valence-corrected chi connectivity index (χ0v) is 13.5. The van der Waals surface area contributed by atoms with E-state index < -0.39 is 0 Å². The molecule has 1 aromatic heterocycles. The van der Waals surface area contributed by atoms with E-state index >= 15 is 0 Å². The topological polar surface area (TPSA) is 31.6 Å². The lowest BCUT2D eigenvalue weighted by Crippen LogP contribution is -1.93. The fraction of sp³-hybridized carbons (Fsp3) is 0.200. The number of ether oxygens (including phenoxy) is 2. The first-order valence-electron chi connectivity index (χ1n) is 7.60. The molecule has 0 unspecified atom stereocenters. The van der Waals surface area contributed by atoms with Gasteiger partial charge in [-0.15, -0.1) is 0 Å². The second-order valence-electron chi connectivity index (χ2n) is 5.40. The van der Waals surface area contributed by atoms with Crippen molar-refractivity contribution in [2.45, 2.75) is 13.3 Å². The van der Waals surface area contributed by atoms with Crippen LogP contribution in [0.4, 0.5) is 0 Å². The molecule has 0 amide bonds. The maximum absolute atomic E-state index is 6.04. The Morgan fingerprint density at radius 3 is 2.61 bits per heavy atom. The molecule has 0 aliphatic carbocycles. The first-order valence-corrected chi connectivity index (χ1v) is 7.60. The van der Waals surface area contributed by atoms with Crippen LogP contribution in [0, 0.1) is 6.92 Å². The molecule has 118 valence electrons. The highest BCUT2D eigenvalue weighted by Gasteiger charge is 2.15. The normalized spacial score (nSPS) is 10.7. The molecule has 0 spiro atoms. The summed E-state index contributed by atoms with van der Waals surface area (Å²) >= 11 is 0. The molecule has 3 aromatic rings. The third-order valence-electron chi connectivity index (χ3n) is 3.89. The second kappa shape index (κ2) is 6.61. The van der Waals surface area contributed by atoms with Gasteiger partial charge >= 0.3 is 0 Å². The van der Waals surface area contributed by atoms with Crippen LogP contribution in [0.3, 0.4) is 0 Å². The predicted octanol–water partition coefficient (Wildman–Crippen LogP) is 4.91. The number of hydrogen-bond donors (Lipinski definition) is 0. The number of fused-ring (bicyclic) bond motifs is 1. The van der Waals surface area contributed by atoms with Gasteiger partial charge in [0.25, 0.3) is 0 Å². The Kier molecular flexibility index (Phi) is 4.38. The van der Waals surface area contributed by atoms with Crippen molar-refractivity contribution in [1.29, 1.82) is 0 Å². The van der Waals surface area contributed by atoms with Gasteiger partial charge in [-0.3, -0.25) is 0 Å². The lowest BCUT2D eigenvalue weighted by Gasteiger charge is -2.05. The van der Waals surface area contributed by atoms with Crippen LogP contribution in [0.5, 0.6) is 11.5 Å². The van der Waals surface area contributed by atoms with Gasteiger partial charge in [0.2, 0.25) is 0 Å². The Hall–Kier alpha value is -2.68. The van der Waals surface area contributed by atoms with Crippen LogP contribution in [0.1, 0.15) is 16.9 Å². The number of aryl methyl sites for hydroxylation is 1. The smallest absolute Gasteiger partial charge is 0.138 e. The van der Waals surface area contributed by atoms with Crippen molar-refractivity contribution in [2.75, 3.05) is 13.7 Å². The third kappa shape index (κ3) is 3.09. The second-order valence-corrected chi connectivity index (χ2v) is 5.40. The van der Waals surface area contributed by atoms with Crippen molar-refractivity contribution in [3.63, 3.8) is 0 Å². The van der Waals surface area contributed by atoms with Crippen LogP contribution < -0.4 is 9.47 Å². The molecule has 1 heterocycles. The minimum Gasteiger partial charge on any atom is -0.497 e. The summed E-state index contributed by atoms with van der Waals surface area (Å²) < 4.78 is 17.0. The molecule has 0 saturated carbocycles. The van der Waals surface area contributed by atoms with E-state index in [1.807, 2.05) is 30.3 Å². The van der Waals surface area contributed by atoms with Gasteiger partial charge in [0.05, 0.1) is 12.5 Å². The zero-order chi connectivity index (χ0) is 16.2. The van der Waals surface area contributed by atoms with Crippen molar-refractivity contribution < 1.29 is 13.9 Å². The Labute approximate surface area is 136 Å².